The van der Waals surface area contributed by atoms with Crippen molar-refractivity contribution in [2.24, 2.45) is 0 Å². The minimum absolute atomic E-state index is 0.0534. The highest BCUT2D eigenvalue weighted by atomic mass is 35.5. The van der Waals surface area contributed by atoms with Gasteiger partial charge in [0.05, 0.1) is 11.1 Å². The second kappa shape index (κ2) is 5.23. The van der Waals surface area contributed by atoms with Crippen LogP contribution in [-0.4, -0.2) is 20.9 Å². The lowest BCUT2D eigenvalue weighted by atomic mass is 10.2. The first-order chi connectivity index (χ1) is 10.5. The molecule has 1 N–H and O–H groups in total. The summed E-state index contributed by atoms with van der Waals surface area (Å²) in [6.07, 6.45) is 0. The molecule has 0 saturated carbocycles. The third-order valence-corrected chi connectivity index (χ3v) is 3.38. The van der Waals surface area contributed by atoms with Gasteiger partial charge in [0, 0.05) is 5.02 Å². The van der Waals surface area contributed by atoms with Crippen LogP contribution < -0.4 is 5.43 Å². The van der Waals surface area contributed by atoms with E-state index < -0.39 is 22.9 Å². The van der Waals surface area contributed by atoms with Crippen LogP contribution in [0.5, 0.6) is 0 Å². The highest BCUT2D eigenvalue weighted by Crippen LogP contribution is 2.20. The predicted octanol–water partition coefficient (Wildman–Crippen LogP) is 2.88. The van der Waals surface area contributed by atoms with Crippen molar-refractivity contribution in [2.75, 3.05) is 0 Å². The highest BCUT2D eigenvalue weighted by Gasteiger charge is 2.19. The molecule has 3 aromatic rings. The third-order valence-electron chi connectivity index (χ3n) is 3.13. The van der Waals surface area contributed by atoms with Gasteiger partial charge >= 0.3 is 5.97 Å². The van der Waals surface area contributed by atoms with Crippen LogP contribution in [0.2, 0.25) is 5.02 Å². The molecule has 1 aromatic heterocycles. The number of para-hydroxylation sites is 1. The summed E-state index contributed by atoms with van der Waals surface area (Å²) in [6, 6.07) is 10.1. The van der Waals surface area contributed by atoms with Crippen LogP contribution in [-0.2, 0) is 0 Å². The van der Waals surface area contributed by atoms with Crippen LogP contribution >= 0.6 is 11.6 Å². The minimum Gasteiger partial charge on any atom is -0.476 e. The molecule has 0 unspecified atom stereocenters. The smallest absolute Gasteiger partial charge is 0.360 e. The van der Waals surface area contributed by atoms with Gasteiger partial charge in [0.15, 0.2) is 0 Å². The monoisotopic (exact) mass is 318 g/mol. The van der Waals surface area contributed by atoms with Crippen molar-refractivity contribution in [3.63, 3.8) is 0 Å². The summed E-state index contributed by atoms with van der Waals surface area (Å²) in [6.45, 7) is 0. The molecular weight excluding hydrogens is 311 g/mol. The molecule has 3 rings (SSSR count). The maximum atomic E-state index is 14.2. The van der Waals surface area contributed by atoms with Crippen LogP contribution in [0.3, 0.4) is 0 Å². The minimum atomic E-state index is -1.47. The van der Waals surface area contributed by atoms with E-state index >= 15 is 0 Å². The van der Waals surface area contributed by atoms with E-state index in [-0.39, 0.29) is 10.9 Å². The zero-order chi connectivity index (χ0) is 15.9. The zero-order valence-electron chi connectivity index (χ0n) is 11.0. The Bertz CT molecular complexity index is 951. The molecule has 0 fully saturated rings. The number of fused-ring (bicyclic) bond motifs is 1. The predicted molar refractivity (Wildman–Crippen MR) is 79.3 cm³/mol. The zero-order valence-corrected chi connectivity index (χ0v) is 11.7. The van der Waals surface area contributed by atoms with Gasteiger partial charge in [-0.1, -0.05) is 17.7 Å². The SMILES string of the molecule is O=C(O)c1nn(-c2ccc(Cl)cc2)c2c(F)cccc2c1=O. The van der Waals surface area contributed by atoms with Crippen molar-refractivity contribution in [3.8, 4) is 5.69 Å². The fourth-order valence-electron chi connectivity index (χ4n) is 2.15. The van der Waals surface area contributed by atoms with Crippen molar-refractivity contribution in [2.45, 2.75) is 0 Å². The first kappa shape index (κ1) is 14.2. The Morgan fingerprint density at radius 2 is 1.86 bits per heavy atom. The van der Waals surface area contributed by atoms with Crippen LogP contribution in [0.1, 0.15) is 10.5 Å². The Kier molecular flexibility index (Phi) is 3.38. The first-order valence-corrected chi connectivity index (χ1v) is 6.57. The Hall–Kier alpha value is -2.73. The van der Waals surface area contributed by atoms with Gasteiger partial charge in [0.2, 0.25) is 11.1 Å². The normalized spacial score (nSPS) is 10.8. The molecule has 2 aromatic carbocycles. The average molecular weight is 319 g/mol. The van der Waals surface area contributed by atoms with Gasteiger partial charge in [-0.3, -0.25) is 4.79 Å². The molecule has 1 heterocycles. The molecule has 0 bridgehead atoms. The Morgan fingerprint density at radius 1 is 1.18 bits per heavy atom. The van der Waals surface area contributed by atoms with E-state index in [4.69, 9.17) is 16.7 Å². The molecule has 0 aliphatic heterocycles. The quantitative estimate of drug-likeness (QED) is 0.788. The van der Waals surface area contributed by atoms with Gasteiger partial charge in [0.25, 0.3) is 0 Å². The molecule has 0 atom stereocenters. The van der Waals surface area contributed by atoms with Crippen molar-refractivity contribution in [1.29, 1.82) is 0 Å². The number of carboxylic acids is 1. The number of nitrogens with zero attached hydrogens (tertiary/aromatic N) is 2. The number of carbonyl (C=O) groups is 1. The molecule has 5 nitrogen and oxygen atoms in total. The Balaban J connectivity index is 2.47. The van der Waals surface area contributed by atoms with Crippen molar-refractivity contribution in [3.05, 3.63) is 69.2 Å². The summed E-state index contributed by atoms with van der Waals surface area (Å²) in [7, 11) is 0. The van der Waals surface area contributed by atoms with Crippen molar-refractivity contribution < 1.29 is 14.3 Å². The lowest BCUT2D eigenvalue weighted by Crippen LogP contribution is -2.22. The van der Waals surface area contributed by atoms with Gasteiger partial charge in [-0.15, -0.1) is 0 Å². The lowest BCUT2D eigenvalue weighted by molar-refractivity contribution is 0.0687. The van der Waals surface area contributed by atoms with Crippen LogP contribution in [0.4, 0.5) is 4.39 Å². The van der Waals surface area contributed by atoms with Gasteiger partial charge in [-0.05, 0) is 36.4 Å². The fourth-order valence-corrected chi connectivity index (χ4v) is 2.27. The van der Waals surface area contributed by atoms with E-state index in [9.17, 15) is 14.0 Å². The van der Waals surface area contributed by atoms with E-state index in [0.717, 1.165) is 4.68 Å². The molecule has 0 amide bonds. The number of hydrogen-bond donors (Lipinski definition) is 1. The number of hydrogen-bond acceptors (Lipinski definition) is 3. The van der Waals surface area contributed by atoms with Gasteiger partial charge in [-0.25, -0.2) is 13.9 Å². The van der Waals surface area contributed by atoms with E-state index in [0.29, 0.717) is 10.7 Å². The molecule has 7 heteroatoms. The maximum absolute atomic E-state index is 14.2. The second-order valence-corrected chi connectivity index (χ2v) is 4.94. The molecule has 0 saturated heterocycles. The van der Waals surface area contributed by atoms with Gasteiger partial charge in [0.1, 0.15) is 11.3 Å². The van der Waals surface area contributed by atoms with E-state index in [1.54, 1.807) is 24.3 Å². The summed E-state index contributed by atoms with van der Waals surface area (Å²) >= 11 is 5.81. The fraction of sp³-hybridized carbons (Fsp3) is 0. The summed E-state index contributed by atoms with van der Waals surface area (Å²) < 4.78 is 15.2. The Morgan fingerprint density at radius 3 is 2.50 bits per heavy atom. The van der Waals surface area contributed by atoms with E-state index in [2.05, 4.69) is 5.10 Å². The molecule has 0 spiro atoms. The summed E-state index contributed by atoms with van der Waals surface area (Å²) in [5, 5.41) is 13.3. The number of benzene rings is 2. The summed E-state index contributed by atoms with van der Waals surface area (Å²) in [5.74, 6) is -2.15. The molecule has 0 radical (unpaired) electrons. The Labute approximate surface area is 128 Å². The van der Waals surface area contributed by atoms with Gasteiger partial charge < -0.3 is 5.11 Å². The number of halogens is 2. The highest BCUT2D eigenvalue weighted by molar-refractivity contribution is 6.30. The topological polar surface area (TPSA) is 72.2 Å². The van der Waals surface area contributed by atoms with Crippen LogP contribution in [0.15, 0.2) is 47.3 Å². The van der Waals surface area contributed by atoms with E-state index in [1.165, 1.54) is 18.2 Å². The summed E-state index contributed by atoms with van der Waals surface area (Å²) in [5.41, 5.74) is -1.19. The summed E-state index contributed by atoms with van der Waals surface area (Å²) in [4.78, 5) is 23.3. The number of aromatic nitrogens is 2. The van der Waals surface area contributed by atoms with Gasteiger partial charge in [-0.2, -0.15) is 5.10 Å². The first-order valence-electron chi connectivity index (χ1n) is 6.20. The van der Waals surface area contributed by atoms with Crippen LogP contribution in [0, 0.1) is 5.82 Å². The van der Waals surface area contributed by atoms with E-state index in [1.807, 2.05) is 0 Å². The standard InChI is InChI=1S/C15H8ClFN2O3/c16-8-4-6-9(7-5-8)19-13-10(2-1-3-11(13)17)14(20)12(18-19)15(21)22/h1-7H,(H,21,22). The molecular formula is C15H8ClFN2O3. The molecule has 110 valence electrons. The largest absolute Gasteiger partial charge is 0.476 e. The lowest BCUT2D eigenvalue weighted by Gasteiger charge is -2.11. The molecule has 0 aliphatic carbocycles. The number of aromatic carboxylic acids is 1. The molecule has 0 aliphatic rings. The second-order valence-electron chi connectivity index (χ2n) is 4.51. The van der Waals surface area contributed by atoms with Crippen molar-refractivity contribution in [1.82, 2.24) is 9.78 Å². The maximum Gasteiger partial charge on any atom is 0.360 e. The van der Waals surface area contributed by atoms with Crippen LogP contribution in [0.25, 0.3) is 16.6 Å². The molecule has 22 heavy (non-hydrogen) atoms. The average Bonchev–Trinajstić information content (AvgIpc) is 2.49. The third kappa shape index (κ3) is 2.23. The van der Waals surface area contributed by atoms with Crippen molar-refractivity contribution >= 4 is 28.5 Å². The number of rotatable bonds is 2. The number of carboxylic acid groups (broad SMARTS) is 1.